The van der Waals surface area contributed by atoms with Gasteiger partial charge in [-0.2, -0.15) is 0 Å². The number of rotatable bonds is 6. The number of hydrogen-bond acceptors (Lipinski definition) is 5. The van der Waals surface area contributed by atoms with Crippen LogP contribution in [0, 0.1) is 6.92 Å². The van der Waals surface area contributed by atoms with Crippen LogP contribution < -0.4 is 15.4 Å². The van der Waals surface area contributed by atoms with Gasteiger partial charge in [0.1, 0.15) is 17.5 Å². The summed E-state index contributed by atoms with van der Waals surface area (Å²) in [5.41, 5.74) is 2.45. The Morgan fingerprint density at radius 2 is 1.71 bits per heavy atom. The number of nitrogens with zero attached hydrogens (tertiary/aromatic N) is 2. The third-order valence-corrected chi connectivity index (χ3v) is 4.10. The molecule has 1 atom stereocenters. The molecule has 0 spiro atoms. The molecule has 1 heterocycles. The summed E-state index contributed by atoms with van der Waals surface area (Å²) in [5, 5.41) is 5.55. The summed E-state index contributed by atoms with van der Waals surface area (Å²) in [5.74, 6) is -0.168. The minimum atomic E-state index is -0.891. The molecule has 1 unspecified atom stereocenters. The summed E-state index contributed by atoms with van der Waals surface area (Å²) in [6.45, 7) is 1.95. The van der Waals surface area contributed by atoms with Gasteiger partial charge in [0.15, 0.2) is 0 Å². The normalized spacial score (nSPS) is 11.4. The standard InChI is InChI=1S/C21H20N4O3/c1-14-3-5-15(6-4-14)19(25-20(26)18-13-22-11-12-23-18)21(27)24-16-7-9-17(28-2)10-8-16/h3-13,19H,1-2H3,(H,24,27)(H,25,26). The lowest BCUT2D eigenvalue weighted by Gasteiger charge is -2.19. The van der Waals surface area contributed by atoms with E-state index < -0.39 is 11.9 Å². The van der Waals surface area contributed by atoms with Crippen molar-refractivity contribution >= 4 is 17.5 Å². The molecule has 0 saturated heterocycles. The third-order valence-electron chi connectivity index (χ3n) is 4.10. The van der Waals surface area contributed by atoms with Crippen molar-refractivity contribution in [1.29, 1.82) is 0 Å². The Morgan fingerprint density at radius 3 is 2.32 bits per heavy atom. The second-order valence-electron chi connectivity index (χ2n) is 6.13. The number of methoxy groups -OCH3 is 1. The maximum atomic E-state index is 12.9. The van der Waals surface area contributed by atoms with E-state index in [1.807, 2.05) is 31.2 Å². The molecule has 0 aliphatic heterocycles. The molecule has 0 bridgehead atoms. The van der Waals surface area contributed by atoms with E-state index in [4.69, 9.17) is 4.74 Å². The molecule has 0 aliphatic rings. The summed E-state index contributed by atoms with van der Waals surface area (Å²) in [6.07, 6.45) is 4.25. The van der Waals surface area contributed by atoms with Crippen LogP contribution in [0.1, 0.15) is 27.7 Å². The van der Waals surface area contributed by atoms with Crippen molar-refractivity contribution in [2.45, 2.75) is 13.0 Å². The van der Waals surface area contributed by atoms with E-state index in [1.165, 1.54) is 18.6 Å². The average Bonchev–Trinajstić information content (AvgIpc) is 2.73. The quantitative estimate of drug-likeness (QED) is 0.690. The molecule has 3 rings (SSSR count). The van der Waals surface area contributed by atoms with E-state index in [-0.39, 0.29) is 11.6 Å². The Labute approximate surface area is 162 Å². The summed E-state index contributed by atoms with van der Waals surface area (Å²) >= 11 is 0. The van der Waals surface area contributed by atoms with Gasteiger partial charge in [0, 0.05) is 18.1 Å². The predicted octanol–water partition coefficient (Wildman–Crippen LogP) is 2.90. The van der Waals surface area contributed by atoms with Crippen LogP contribution in [-0.4, -0.2) is 28.9 Å². The first-order valence-electron chi connectivity index (χ1n) is 8.65. The summed E-state index contributed by atoms with van der Waals surface area (Å²) < 4.78 is 5.12. The Kier molecular flexibility index (Phi) is 5.96. The number of nitrogens with one attached hydrogen (secondary N) is 2. The van der Waals surface area contributed by atoms with Crippen LogP contribution in [0.25, 0.3) is 0 Å². The molecular weight excluding hydrogens is 356 g/mol. The van der Waals surface area contributed by atoms with Gasteiger partial charge < -0.3 is 15.4 Å². The fourth-order valence-electron chi connectivity index (χ4n) is 2.57. The zero-order valence-electron chi connectivity index (χ0n) is 15.5. The maximum Gasteiger partial charge on any atom is 0.272 e. The molecule has 3 aromatic rings. The summed E-state index contributed by atoms with van der Waals surface area (Å²) in [7, 11) is 1.57. The number of carbonyl (C=O) groups excluding carboxylic acids is 2. The van der Waals surface area contributed by atoms with Crippen LogP contribution in [0.3, 0.4) is 0 Å². The first kappa shape index (κ1) is 19.0. The highest BCUT2D eigenvalue weighted by molar-refractivity contribution is 6.00. The Hall–Kier alpha value is -3.74. The van der Waals surface area contributed by atoms with Gasteiger partial charge in [-0.3, -0.25) is 14.6 Å². The fourth-order valence-corrected chi connectivity index (χ4v) is 2.57. The Morgan fingerprint density at radius 1 is 1.00 bits per heavy atom. The van der Waals surface area contributed by atoms with Gasteiger partial charge in [-0.05, 0) is 36.8 Å². The second-order valence-corrected chi connectivity index (χ2v) is 6.13. The zero-order chi connectivity index (χ0) is 19.9. The number of anilines is 1. The number of aromatic nitrogens is 2. The molecule has 2 amide bonds. The molecule has 0 fully saturated rings. The van der Waals surface area contributed by atoms with E-state index in [0.29, 0.717) is 17.0 Å². The number of aryl methyl sites for hydroxylation is 1. The van der Waals surface area contributed by atoms with Crippen molar-refractivity contribution in [2.24, 2.45) is 0 Å². The van der Waals surface area contributed by atoms with Crippen LogP contribution in [0.15, 0.2) is 67.1 Å². The number of benzene rings is 2. The molecule has 0 radical (unpaired) electrons. The topological polar surface area (TPSA) is 93.2 Å². The van der Waals surface area contributed by atoms with Crippen LogP contribution >= 0.6 is 0 Å². The molecule has 142 valence electrons. The lowest BCUT2D eigenvalue weighted by molar-refractivity contribution is -0.118. The van der Waals surface area contributed by atoms with Gasteiger partial charge in [0.05, 0.1) is 13.3 Å². The van der Waals surface area contributed by atoms with Crippen molar-refractivity contribution in [2.75, 3.05) is 12.4 Å². The average molecular weight is 376 g/mol. The lowest BCUT2D eigenvalue weighted by atomic mass is 10.0. The highest BCUT2D eigenvalue weighted by atomic mass is 16.5. The van der Waals surface area contributed by atoms with E-state index in [2.05, 4.69) is 20.6 Å². The zero-order valence-corrected chi connectivity index (χ0v) is 15.5. The second kappa shape index (κ2) is 8.77. The number of amides is 2. The first-order valence-corrected chi connectivity index (χ1v) is 8.65. The van der Waals surface area contributed by atoms with E-state index >= 15 is 0 Å². The molecule has 1 aromatic heterocycles. The Balaban J connectivity index is 1.83. The van der Waals surface area contributed by atoms with E-state index in [0.717, 1.165) is 5.56 Å². The fraction of sp³-hybridized carbons (Fsp3) is 0.143. The van der Waals surface area contributed by atoms with Crippen molar-refractivity contribution in [3.8, 4) is 5.75 Å². The van der Waals surface area contributed by atoms with Crippen LogP contribution in [-0.2, 0) is 4.79 Å². The molecule has 2 N–H and O–H groups in total. The largest absolute Gasteiger partial charge is 0.497 e. The van der Waals surface area contributed by atoms with Gasteiger partial charge in [0.25, 0.3) is 11.8 Å². The molecule has 7 nitrogen and oxygen atoms in total. The number of carbonyl (C=O) groups is 2. The highest BCUT2D eigenvalue weighted by Crippen LogP contribution is 2.19. The lowest BCUT2D eigenvalue weighted by Crippen LogP contribution is -2.37. The third kappa shape index (κ3) is 4.70. The predicted molar refractivity (Wildman–Crippen MR) is 105 cm³/mol. The van der Waals surface area contributed by atoms with Crippen LogP contribution in [0.2, 0.25) is 0 Å². The monoisotopic (exact) mass is 376 g/mol. The van der Waals surface area contributed by atoms with Crippen molar-refractivity contribution < 1.29 is 14.3 Å². The smallest absolute Gasteiger partial charge is 0.272 e. The summed E-state index contributed by atoms with van der Waals surface area (Å²) in [6, 6.07) is 13.4. The highest BCUT2D eigenvalue weighted by Gasteiger charge is 2.24. The van der Waals surface area contributed by atoms with Gasteiger partial charge in [0.2, 0.25) is 0 Å². The van der Waals surface area contributed by atoms with E-state index in [9.17, 15) is 9.59 Å². The summed E-state index contributed by atoms with van der Waals surface area (Å²) in [4.78, 5) is 33.3. The van der Waals surface area contributed by atoms with Crippen molar-refractivity contribution in [3.05, 3.63) is 83.9 Å². The first-order chi connectivity index (χ1) is 13.6. The minimum Gasteiger partial charge on any atom is -0.497 e. The molecule has 7 heteroatoms. The van der Waals surface area contributed by atoms with Crippen LogP contribution in [0.4, 0.5) is 5.69 Å². The SMILES string of the molecule is COc1ccc(NC(=O)C(NC(=O)c2cnccn2)c2ccc(C)cc2)cc1. The van der Waals surface area contributed by atoms with Crippen molar-refractivity contribution in [1.82, 2.24) is 15.3 Å². The van der Waals surface area contributed by atoms with Gasteiger partial charge >= 0.3 is 0 Å². The van der Waals surface area contributed by atoms with Gasteiger partial charge in [-0.25, -0.2) is 4.98 Å². The molecule has 28 heavy (non-hydrogen) atoms. The molecule has 0 aliphatic carbocycles. The van der Waals surface area contributed by atoms with Crippen LogP contribution in [0.5, 0.6) is 5.75 Å². The van der Waals surface area contributed by atoms with Gasteiger partial charge in [-0.1, -0.05) is 29.8 Å². The van der Waals surface area contributed by atoms with Crippen molar-refractivity contribution in [3.63, 3.8) is 0 Å². The molecule has 0 saturated carbocycles. The molecule has 2 aromatic carbocycles. The Bertz CT molecular complexity index is 942. The minimum absolute atomic E-state index is 0.136. The van der Waals surface area contributed by atoms with Gasteiger partial charge in [-0.15, -0.1) is 0 Å². The number of hydrogen-bond donors (Lipinski definition) is 2. The molecular formula is C21H20N4O3. The maximum absolute atomic E-state index is 12.9. The van der Waals surface area contributed by atoms with E-state index in [1.54, 1.807) is 31.4 Å². The number of ether oxygens (including phenoxy) is 1.